The van der Waals surface area contributed by atoms with Gasteiger partial charge in [-0.25, -0.2) is 9.97 Å². The third-order valence-electron chi connectivity index (χ3n) is 2.65. The lowest BCUT2D eigenvalue weighted by Gasteiger charge is -2.16. The highest BCUT2D eigenvalue weighted by atomic mass is 79.9. The van der Waals surface area contributed by atoms with E-state index in [-0.39, 0.29) is 0 Å². The van der Waals surface area contributed by atoms with E-state index >= 15 is 0 Å². The van der Waals surface area contributed by atoms with Gasteiger partial charge in [0.1, 0.15) is 6.33 Å². The fourth-order valence-corrected chi connectivity index (χ4v) is 1.87. The molecule has 0 saturated carbocycles. The Kier molecular flexibility index (Phi) is 5.23. The predicted octanol–water partition coefficient (Wildman–Crippen LogP) is 3.71. The van der Waals surface area contributed by atoms with Crippen LogP contribution >= 0.6 is 15.9 Å². The van der Waals surface area contributed by atoms with Gasteiger partial charge >= 0.3 is 0 Å². The second kappa shape index (κ2) is 6.21. The summed E-state index contributed by atoms with van der Waals surface area (Å²) in [6.45, 7) is 6.57. The van der Waals surface area contributed by atoms with Gasteiger partial charge in [0.25, 0.3) is 0 Å². The Balaban J connectivity index is 2.80. The first-order valence-corrected chi connectivity index (χ1v) is 6.55. The molecule has 0 radical (unpaired) electrons. The fourth-order valence-electron chi connectivity index (χ4n) is 1.60. The second-order valence-electron chi connectivity index (χ2n) is 3.90. The van der Waals surface area contributed by atoms with Crippen LogP contribution < -0.4 is 0 Å². The van der Waals surface area contributed by atoms with Gasteiger partial charge in [0.15, 0.2) is 0 Å². The molecule has 15 heavy (non-hydrogen) atoms. The van der Waals surface area contributed by atoms with Gasteiger partial charge in [0, 0.05) is 22.1 Å². The molecule has 0 aliphatic carbocycles. The SMILES string of the molecule is CCCc1cc(C(C)C(Br)CC)ncn1. The van der Waals surface area contributed by atoms with Crippen LogP contribution in [0.25, 0.3) is 0 Å². The minimum absolute atomic E-state index is 0.452. The molecule has 0 aliphatic rings. The zero-order chi connectivity index (χ0) is 11.3. The minimum Gasteiger partial charge on any atom is -0.241 e. The van der Waals surface area contributed by atoms with Crippen LogP contribution in [0, 0.1) is 0 Å². The van der Waals surface area contributed by atoms with Crippen LogP contribution in [0.1, 0.15) is 50.9 Å². The van der Waals surface area contributed by atoms with Crippen molar-refractivity contribution in [2.45, 2.75) is 50.8 Å². The molecular weight excluding hydrogens is 252 g/mol. The van der Waals surface area contributed by atoms with Crippen molar-refractivity contribution in [1.82, 2.24) is 9.97 Å². The molecule has 3 heteroatoms. The highest BCUT2D eigenvalue weighted by molar-refractivity contribution is 9.09. The summed E-state index contributed by atoms with van der Waals surface area (Å²) in [5, 5.41) is 0. The topological polar surface area (TPSA) is 25.8 Å². The molecule has 1 aromatic rings. The number of hydrogen-bond acceptors (Lipinski definition) is 2. The van der Waals surface area contributed by atoms with Crippen molar-refractivity contribution in [2.24, 2.45) is 0 Å². The first kappa shape index (κ1) is 12.6. The molecule has 1 heterocycles. The van der Waals surface area contributed by atoms with Crippen molar-refractivity contribution in [2.75, 3.05) is 0 Å². The van der Waals surface area contributed by atoms with Crippen molar-refractivity contribution in [1.29, 1.82) is 0 Å². The van der Waals surface area contributed by atoms with Crippen LogP contribution in [0.5, 0.6) is 0 Å². The third kappa shape index (κ3) is 3.56. The Labute approximate surface area is 101 Å². The van der Waals surface area contributed by atoms with Gasteiger partial charge in [0.2, 0.25) is 0 Å². The Morgan fingerprint density at radius 3 is 2.67 bits per heavy atom. The monoisotopic (exact) mass is 270 g/mol. The minimum atomic E-state index is 0.452. The molecule has 0 spiro atoms. The van der Waals surface area contributed by atoms with E-state index in [1.54, 1.807) is 6.33 Å². The van der Waals surface area contributed by atoms with E-state index in [0.29, 0.717) is 10.7 Å². The number of aromatic nitrogens is 2. The van der Waals surface area contributed by atoms with Gasteiger partial charge in [-0.05, 0) is 18.9 Å². The Hall–Kier alpha value is -0.440. The maximum absolute atomic E-state index is 4.35. The van der Waals surface area contributed by atoms with E-state index < -0.39 is 0 Å². The average Bonchev–Trinajstić information content (AvgIpc) is 2.28. The van der Waals surface area contributed by atoms with Crippen LogP contribution in [0.2, 0.25) is 0 Å². The maximum atomic E-state index is 4.35. The molecule has 0 amide bonds. The lowest BCUT2D eigenvalue weighted by Crippen LogP contribution is -2.10. The van der Waals surface area contributed by atoms with Crippen LogP contribution in [-0.4, -0.2) is 14.8 Å². The number of rotatable bonds is 5. The summed E-state index contributed by atoms with van der Waals surface area (Å²) in [4.78, 5) is 9.12. The van der Waals surface area contributed by atoms with Gasteiger partial charge < -0.3 is 0 Å². The standard InChI is InChI=1S/C12H19BrN2/c1-4-6-10-7-12(15-8-14-10)9(3)11(13)5-2/h7-9,11H,4-6H2,1-3H3. The largest absolute Gasteiger partial charge is 0.241 e. The van der Waals surface area contributed by atoms with Crippen LogP contribution in [0.3, 0.4) is 0 Å². The lowest BCUT2D eigenvalue weighted by molar-refractivity contribution is 0.668. The average molecular weight is 271 g/mol. The van der Waals surface area contributed by atoms with Crippen molar-refractivity contribution in [3.63, 3.8) is 0 Å². The molecule has 0 fully saturated rings. The Morgan fingerprint density at radius 1 is 1.33 bits per heavy atom. The molecular formula is C12H19BrN2. The molecule has 1 aromatic heterocycles. The Morgan fingerprint density at radius 2 is 2.07 bits per heavy atom. The quantitative estimate of drug-likeness (QED) is 0.763. The number of aryl methyl sites for hydroxylation is 1. The zero-order valence-corrected chi connectivity index (χ0v) is 11.3. The summed E-state index contributed by atoms with van der Waals surface area (Å²) >= 11 is 3.68. The van der Waals surface area contributed by atoms with Crippen LogP contribution in [0.15, 0.2) is 12.4 Å². The highest BCUT2D eigenvalue weighted by Crippen LogP contribution is 2.25. The smallest absolute Gasteiger partial charge is 0.115 e. The zero-order valence-electron chi connectivity index (χ0n) is 9.70. The maximum Gasteiger partial charge on any atom is 0.115 e. The summed E-state index contributed by atoms with van der Waals surface area (Å²) in [5.74, 6) is 0.452. The van der Waals surface area contributed by atoms with E-state index in [9.17, 15) is 0 Å². The lowest BCUT2D eigenvalue weighted by atomic mass is 10.0. The van der Waals surface area contributed by atoms with Crippen molar-refractivity contribution in [3.8, 4) is 0 Å². The molecule has 2 nitrogen and oxygen atoms in total. The Bertz CT molecular complexity index is 301. The molecule has 1 rings (SSSR count). The second-order valence-corrected chi connectivity index (χ2v) is 5.07. The molecule has 84 valence electrons. The number of nitrogens with zero attached hydrogens (tertiary/aromatic N) is 2. The van der Waals surface area contributed by atoms with E-state index in [0.717, 1.165) is 30.7 Å². The van der Waals surface area contributed by atoms with E-state index in [1.807, 2.05) is 0 Å². The normalized spacial score (nSPS) is 14.9. The van der Waals surface area contributed by atoms with Crippen molar-refractivity contribution < 1.29 is 0 Å². The third-order valence-corrected chi connectivity index (χ3v) is 4.09. The van der Waals surface area contributed by atoms with Crippen molar-refractivity contribution >= 4 is 15.9 Å². The van der Waals surface area contributed by atoms with Gasteiger partial charge in [-0.15, -0.1) is 0 Å². The predicted molar refractivity (Wildman–Crippen MR) is 67.4 cm³/mol. The molecule has 0 N–H and O–H groups in total. The van der Waals surface area contributed by atoms with Gasteiger partial charge in [-0.1, -0.05) is 43.1 Å². The molecule has 0 saturated heterocycles. The molecule has 2 unspecified atom stereocenters. The summed E-state index contributed by atoms with van der Waals surface area (Å²) < 4.78 is 0. The molecule has 0 bridgehead atoms. The van der Waals surface area contributed by atoms with Gasteiger partial charge in [-0.2, -0.15) is 0 Å². The summed E-state index contributed by atoms with van der Waals surface area (Å²) in [6.07, 6.45) is 4.98. The summed E-state index contributed by atoms with van der Waals surface area (Å²) in [7, 11) is 0. The molecule has 2 atom stereocenters. The molecule has 0 aliphatic heterocycles. The summed E-state index contributed by atoms with van der Waals surface area (Å²) in [5.41, 5.74) is 2.31. The van der Waals surface area contributed by atoms with E-state index in [4.69, 9.17) is 0 Å². The van der Waals surface area contributed by atoms with Gasteiger partial charge in [0.05, 0.1) is 0 Å². The van der Waals surface area contributed by atoms with E-state index in [2.05, 4.69) is 52.7 Å². The van der Waals surface area contributed by atoms with Crippen LogP contribution in [-0.2, 0) is 6.42 Å². The van der Waals surface area contributed by atoms with E-state index in [1.165, 1.54) is 0 Å². The number of halogens is 1. The summed E-state index contributed by atoms with van der Waals surface area (Å²) in [6, 6.07) is 2.14. The first-order valence-electron chi connectivity index (χ1n) is 5.63. The highest BCUT2D eigenvalue weighted by Gasteiger charge is 2.15. The van der Waals surface area contributed by atoms with Crippen molar-refractivity contribution in [3.05, 3.63) is 23.8 Å². The number of alkyl halides is 1. The van der Waals surface area contributed by atoms with Crippen LogP contribution in [0.4, 0.5) is 0 Å². The molecule has 0 aromatic carbocycles. The first-order chi connectivity index (χ1) is 7.19. The van der Waals surface area contributed by atoms with Gasteiger partial charge in [-0.3, -0.25) is 0 Å². The fraction of sp³-hybridized carbons (Fsp3) is 0.667. The number of hydrogen-bond donors (Lipinski definition) is 0.